The molecule has 14 heavy (non-hydrogen) atoms. The van der Waals surface area contributed by atoms with Crippen LogP contribution in [-0.4, -0.2) is 34.2 Å². The van der Waals surface area contributed by atoms with Crippen molar-refractivity contribution in [2.45, 2.75) is 6.41 Å². The van der Waals surface area contributed by atoms with Crippen LogP contribution in [-0.2, 0) is 4.79 Å². The zero-order valence-electron chi connectivity index (χ0n) is 7.37. The average molecular weight is 197 g/mol. The molecule has 0 aromatic heterocycles. The number of rotatable bonds is 4. The molecule has 1 rings (SSSR count). The second-order valence-corrected chi connectivity index (χ2v) is 2.70. The summed E-state index contributed by atoms with van der Waals surface area (Å²) in [4.78, 5) is 11.4. The molecule has 1 aromatic carbocycles. The van der Waals surface area contributed by atoms with E-state index in [4.69, 9.17) is 15.3 Å². The number of hydrogen-bond acceptors (Lipinski definition) is 4. The van der Waals surface area contributed by atoms with Crippen LogP contribution in [0.15, 0.2) is 30.3 Å². The van der Waals surface area contributed by atoms with Crippen LogP contribution in [0.4, 0.5) is 5.69 Å². The fourth-order valence-electron chi connectivity index (χ4n) is 1.07. The molecule has 0 aliphatic heterocycles. The molecule has 3 N–H and O–H groups in total. The van der Waals surface area contributed by atoms with Crippen molar-refractivity contribution in [1.29, 1.82) is 0 Å². The first-order chi connectivity index (χ1) is 6.61. The van der Waals surface area contributed by atoms with Gasteiger partial charge in [0.05, 0.1) is 0 Å². The zero-order valence-corrected chi connectivity index (χ0v) is 7.37. The third kappa shape index (κ3) is 2.72. The van der Waals surface area contributed by atoms with Gasteiger partial charge in [-0.3, -0.25) is 4.79 Å². The van der Waals surface area contributed by atoms with Crippen LogP contribution in [0.3, 0.4) is 0 Å². The van der Waals surface area contributed by atoms with Crippen molar-refractivity contribution in [2.24, 2.45) is 0 Å². The van der Waals surface area contributed by atoms with Crippen molar-refractivity contribution in [1.82, 2.24) is 0 Å². The number of aliphatic hydroxyl groups excluding tert-OH is 1. The van der Waals surface area contributed by atoms with Crippen molar-refractivity contribution in [3.63, 3.8) is 0 Å². The molecule has 1 aromatic rings. The van der Waals surface area contributed by atoms with E-state index >= 15 is 0 Å². The number of aliphatic hydroxyl groups is 2. The molecule has 0 heterocycles. The van der Waals surface area contributed by atoms with Gasteiger partial charge >= 0.3 is 5.97 Å². The first kappa shape index (κ1) is 10.5. The molecule has 76 valence electrons. The number of carbonyl (C=O) groups is 1. The third-order valence-corrected chi connectivity index (χ3v) is 1.67. The lowest BCUT2D eigenvalue weighted by Gasteiger charge is -2.24. The van der Waals surface area contributed by atoms with Crippen molar-refractivity contribution in [2.75, 3.05) is 11.4 Å². The Balaban J connectivity index is 2.83. The van der Waals surface area contributed by atoms with Crippen molar-refractivity contribution < 1.29 is 20.1 Å². The van der Waals surface area contributed by atoms with E-state index in [1.54, 1.807) is 30.3 Å². The first-order valence-electron chi connectivity index (χ1n) is 4.01. The normalized spacial score (nSPS) is 10.2. The summed E-state index contributed by atoms with van der Waals surface area (Å²) in [5, 5.41) is 26.4. The van der Waals surface area contributed by atoms with Crippen LogP contribution in [0.1, 0.15) is 0 Å². The first-order valence-corrected chi connectivity index (χ1v) is 4.01. The molecule has 0 saturated heterocycles. The Bertz CT molecular complexity index is 299. The van der Waals surface area contributed by atoms with Gasteiger partial charge in [0.2, 0.25) is 6.41 Å². The van der Waals surface area contributed by atoms with E-state index < -0.39 is 18.9 Å². The number of carboxylic acids is 1. The maximum Gasteiger partial charge on any atom is 0.323 e. The van der Waals surface area contributed by atoms with Gasteiger partial charge in [0.15, 0.2) is 0 Å². The highest BCUT2D eigenvalue weighted by Gasteiger charge is 2.15. The van der Waals surface area contributed by atoms with E-state index in [9.17, 15) is 4.79 Å². The number of benzene rings is 1. The smallest absolute Gasteiger partial charge is 0.323 e. The molecule has 0 aliphatic carbocycles. The molecule has 5 heteroatoms. The molecule has 0 aliphatic rings. The van der Waals surface area contributed by atoms with Gasteiger partial charge in [-0.2, -0.15) is 0 Å². The number of anilines is 1. The molecule has 0 radical (unpaired) electrons. The minimum absolute atomic E-state index is 0.449. The van der Waals surface area contributed by atoms with Gasteiger partial charge in [0.1, 0.15) is 6.54 Å². The van der Waals surface area contributed by atoms with Crippen molar-refractivity contribution in [3.8, 4) is 0 Å². The number of nitrogens with zero attached hydrogens (tertiary/aromatic N) is 1. The summed E-state index contributed by atoms with van der Waals surface area (Å²) in [6.07, 6.45) is -1.81. The van der Waals surface area contributed by atoms with Crippen LogP contribution < -0.4 is 4.90 Å². The molecule has 0 atom stereocenters. The highest BCUT2D eigenvalue weighted by Crippen LogP contribution is 2.13. The number of carboxylic acid groups (broad SMARTS) is 1. The standard InChI is InChI=1S/C9H11NO4/c11-8(12)6-10(9(13)14)7-4-2-1-3-5-7/h1-5,9,13-14H,6H2,(H,11,12). The van der Waals surface area contributed by atoms with E-state index in [-0.39, 0.29) is 0 Å². The third-order valence-electron chi connectivity index (χ3n) is 1.67. The van der Waals surface area contributed by atoms with E-state index in [2.05, 4.69) is 0 Å². The second kappa shape index (κ2) is 4.59. The Hall–Kier alpha value is -1.59. The molecule has 0 saturated carbocycles. The lowest BCUT2D eigenvalue weighted by Crippen LogP contribution is -2.38. The predicted octanol–water partition coefficient (Wildman–Crippen LogP) is -0.154. The Kier molecular flexibility index (Phi) is 3.44. The summed E-state index contributed by atoms with van der Waals surface area (Å²) in [5.74, 6) is -1.12. The second-order valence-electron chi connectivity index (χ2n) is 2.70. The topological polar surface area (TPSA) is 81.0 Å². The van der Waals surface area contributed by atoms with E-state index in [0.717, 1.165) is 4.90 Å². The minimum Gasteiger partial charge on any atom is -0.480 e. The highest BCUT2D eigenvalue weighted by atomic mass is 16.5. The van der Waals surface area contributed by atoms with Crippen molar-refractivity contribution in [3.05, 3.63) is 30.3 Å². The molecule has 0 bridgehead atoms. The van der Waals surface area contributed by atoms with Gasteiger partial charge in [0.25, 0.3) is 0 Å². The monoisotopic (exact) mass is 197 g/mol. The Morgan fingerprint density at radius 3 is 2.29 bits per heavy atom. The van der Waals surface area contributed by atoms with Crippen LogP contribution in [0.25, 0.3) is 0 Å². The number of hydrogen-bond donors (Lipinski definition) is 3. The maximum absolute atomic E-state index is 10.4. The summed E-state index contributed by atoms with van der Waals surface area (Å²) in [6, 6.07) is 8.33. The number of para-hydroxylation sites is 1. The lowest BCUT2D eigenvalue weighted by molar-refractivity contribution is -0.137. The molecular weight excluding hydrogens is 186 g/mol. The molecule has 0 spiro atoms. The van der Waals surface area contributed by atoms with Crippen LogP contribution in [0.2, 0.25) is 0 Å². The summed E-state index contributed by atoms with van der Waals surface area (Å²) in [7, 11) is 0. The SMILES string of the molecule is O=C(O)CN(c1ccccc1)C(O)O. The zero-order chi connectivity index (χ0) is 10.6. The van der Waals surface area contributed by atoms with Crippen LogP contribution >= 0.6 is 0 Å². The van der Waals surface area contributed by atoms with E-state index in [1.807, 2.05) is 0 Å². The molecular formula is C9H11NO4. The van der Waals surface area contributed by atoms with Gasteiger partial charge in [0, 0.05) is 5.69 Å². The predicted molar refractivity (Wildman–Crippen MR) is 49.6 cm³/mol. The van der Waals surface area contributed by atoms with Gasteiger partial charge in [-0.15, -0.1) is 0 Å². The van der Waals surface area contributed by atoms with Gasteiger partial charge in [-0.1, -0.05) is 18.2 Å². The molecule has 0 unspecified atom stereocenters. The fourth-order valence-corrected chi connectivity index (χ4v) is 1.07. The Labute approximate surface area is 80.8 Å². The van der Waals surface area contributed by atoms with Crippen molar-refractivity contribution >= 4 is 11.7 Å². The minimum atomic E-state index is -1.81. The summed E-state index contributed by atoms with van der Waals surface area (Å²) >= 11 is 0. The Morgan fingerprint density at radius 2 is 1.86 bits per heavy atom. The Morgan fingerprint density at radius 1 is 1.29 bits per heavy atom. The molecule has 5 nitrogen and oxygen atoms in total. The number of aliphatic carboxylic acids is 1. The van der Waals surface area contributed by atoms with Gasteiger partial charge < -0.3 is 20.2 Å². The largest absolute Gasteiger partial charge is 0.480 e. The lowest BCUT2D eigenvalue weighted by atomic mass is 10.3. The highest BCUT2D eigenvalue weighted by molar-refractivity contribution is 5.73. The van der Waals surface area contributed by atoms with Crippen LogP contribution in [0.5, 0.6) is 0 Å². The quantitative estimate of drug-likeness (QED) is 0.585. The van der Waals surface area contributed by atoms with Crippen LogP contribution in [0, 0.1) is 0 Å². The molecule has 0 fully saturated rings. The molecule has 0 amide bonds. The van der Waals surface area contributed by atoms with Gasteiger partial charge in [-0.25, -0.2) is 0 Å². The van der Waals surface area contributed by atoms with E-state index in [1.165, 1.54) is 0 Å². The summed E-state index contributed by atoms with van der Waals surface area (Å²) in [6.45, 7) is -0.457. The maximum atomic E-state index is 10.4. The average Bonchev–Trinajstić information content (AvgIpc) is 2.15. The summed E-state index contributed by atoms with van der Waals surface area (Å²) in [5.41, 5.74) is 0.449. The summed E-state index contributed by atoms with van der Waals surface area (Å²) < 4.78 is 0. The van der Waals surface area contributed by atoms with Gasteiger partial charge in [-0.05, 0) is 12.1 Å². The van der Waals surface area contributed by atoms with E-state index in [0.29, 0.717) is 5.69 Å². The fraction of sp³-hybridized carbons (Fsp3) is 0.222.